The Morgan fingerprint density at radius 2 is 2.05 bits per heavy atom. The first-order valence-electron chi connectivity index (χ1n) is 7.00. The zero-order chi connectivity index (χ0) is 16.1. The first-order valence-corrected chi connectivity index (χ1v) is 9.69. The monoisotopic (exact) mass is 353 g/mol. The molecule has 0 bridgehead atoms. The van der Waals surface area contributed by atoms with Crippen LogP contribution in [0.5, 0.6) is 0 Å². The van der Waals surface area contributed by atoms with Gasteiger partial charge in [-0.2, -0.15) is 0 Å². The van der Waals surface area contributed by atoms with Gasteiger partial charge in [0.2, 0.25) is 5.91 Å². The molecule has 7 heteroatoms. The van der Waals surface area contributed by atoms with Crippen molar-refractivity contribution in [1.29, 1.82) is 0 Å². The molecule has 1 amide bonds. The van der Waals surface area contributed by atoms with Crippen LogP contribution in [0.2, 0.25) is 0 Å². The number of hydrogen-bond acceptors (Lipinski definition) is 6. The number of anilines is 1. The lowest BCUT2D eigenvalue weighted by Gasteiger charge is -2.12. The molecule has 0 aliphatic carbocycles. The van der Waals surface area contributed by atoms with E-state index in [9.17, 15) is 4.79 Å². The lowest BCUT2D eigenvalue weighted by Crippen LogP contribution is -2.22. The van der Waals surface area contributed by atoms with Crippen molar-refractivity contribution in [2.24, 2.45) is 0 Å². The fourth-order valence-electron chi connectivity index (χ4n) is 1.82. The molecule has 0 aliphatic rings. The van der Waals surface area contributed by atoms with Crippen LogP contribution < -0.4 is 5.32 Å². The Balaban J connectivity index is 1.96. The molecule has 1 aromatic carbocycles. The SMILES string of the molecule is CCSc1nnc(S[C@H](C)C(=O)Nc2ccc(C)cc2C)s1. The van der Waals surface area contributed by atoms with Crippen LogP contribution in [0, 0.1) is 13.8 Å². The van der Waals surface area contributed by atoms with E-state index in [1.54, 1.807) is 11.8 Å². The fourth-order valence-corrected chi connectivity index (χ4v) is 4.88. The van der Waals surface area contributed by atoms with Crippen LogP contribution in [0.1, 0.15) is 25.0 Å². The van der Waals surface area contributed by atoms with Gasteiger partial charge >= 0.3 is 0 Å². The molecule has 0 unspecified atom stereocenters. The minimum absolute atomic E-state index is 0.0168. The van der Waals surface area contributed by atoms with Crippen LogP contribution in [-0.2, 0) is 4.79 Å². The van der Waals surface area contributed by atoms with Gasteiger partial charge in [0, 0.05) is 5.69 Å². The molecular weight excluding hydrogens is 334 g/mol. The van der Waals surface area contributed by atoms with Crippen molar-refractivity contribution in [1.82, 2.24) is 10.2 Å². The number of benzene rings is 1. The predicted molar refractivity (Wildman–Crippen MR) is 96.2 cm³/mol. The zero-order valence-electron chi connectivity index (χ0n) is 13.0. The molecule has 1 N–H and O–H groups in total. The van der Waals surface area contributed by atoms with E-state index in [-0.39, 0.29) is 11.2 Å². The number of aryl methyl sites for hydroxylation is 2. The predicted octanol–water partition coefficient (Wildman–Crippen LogP) is 4.39. The molecule has 1 atom stereocenters. The van der Waals surface area contributed by atoms with Gasteiger partial charge in [-0.1, -0.05) is 59.5 Å². The number of hydrogen-bond donors (Lipinski definition) is 1. The molecule has 118 valence electrons. The van der Waals surface area contributed by atoms with Gasteiger partial charge in [-0.05, 0) is 38.2 Å². The highest BCUT2D eigenvalue weighted by Crippen LogP contribution is 2.31. The number of amides is 1. The van der Waals surface area contributed by atoms with E-state index in [2.05, 4.69) is 28.5 Å². The third-order valence-corrected chi connectivity index (χ3v) is 6.07. The lowest BCUT2D eigenvalue weighted by atomic mass is 10.1. The normalized spacial score (nSPS) is 12.2. The third-order valence-electron chi connectivity index (χ3n) is 2.94. The van der Waals surface area contributed by atoms with Gasteiger partial charge in [-0.3, -0.25) is 4.79 Å². The Kier molecular flexibility index (Phi) is 6.28. The van der Waals surface area contributed by atoms with Crippen molar-refractivity contribution in [3.63, 3.8) is 0 Å². The minimum atomic E-state index is -0.215. The van der Waals surface area contributed by atoms with Gasteiger partial charge < -0.3 is 5.32 Å². The molecular formula is C15H19N3OS3. The largest absolute Gasteiger partial charge is 0.325 e. The summed E-state index contributed by atoms with van der Waals surface area (Å²) in [7, 11) is 0. The number of nitrogens with zero attached hydrogens (tertiary/aromatic N) is 2. The van der Waals surface area contributed by atoms with Crippen LogP contribution >= 0.6 is 34.9 Å². The average molecular weight is 354 g/mol. The zero-order valence-corrected chi connectivity index (χ0v) is 15.5. The minimum Gasteiger partial charge on any atom is -0.325 e. The van der Waals surface area contributed by atoms with E-state index < -0.39 is 0 Å². The number of thioether (sulfide) groups is 2. The lowest BCUT2D eigenvalue weighted by molar-refractivity contribution is -0.115. The van der Waals surface area contributed by atoms with Crippen LogP contribution in [0.4, 0.5) is 5.69 Å². The van der Waals surface area contributed by atoms with Crippen molar-refractivity contribution in [2.45, 2.75) is 41.6 Å². The number of aromatic nitrogens is 2. The highest BCUT2D eigenvalue weighted by molar-refractivity contribution is 8.03. The Labute approximate surface area is 143 Å². The molecule has 0 fully saturated rings. The van der Waals surface area contributed by atoms with Crippen LogP contribution in [0.15, 0.2) is 26.9 Å². The number of nitrogens with one attached hydrogen (secondary N) is 1. The quantitative estimate of drug-likeness (QED) is 0.781. The molecule has 0 aliphatic heterocycles. The van der Waals surface area contributed by atoms with Crippen molar-refractivity contribution in [3.05, 3.63) is 29.3 Å². The first-order chi connectivity index (χ1) is 10.5. The Hall–Kier alpha value is -1.05. The Morgan fingerprint density at radius 3 is 2.73 bits per heavy atom. The van der Waals surface area contributed by atoms with E-state index in [0.717, 1.165) is 25.7 Å². The highest BCUT2D eigenvalue weighted by atomic mass is 32.2. The van der Waals surface area contributed by atoms with Gasteiger partial charge in [0.05, 0.1) is 5.25 Å². The van der Waals surface area contributed by atoms with Crippen LogP contribution in [0.25, 0.3) is 0 Å². The molecule has 0 saturated heterocycles. The Bertz CT molecular complexity index is 657. The second kappa shape index (κ2) is 7.99. The van der Waals surface area contributed by atoms with E-state index in [0.29, 0.717) is 0 Å². The van der Waals surface area contributed by atoms with Gasteiger partial charge in [-0.25, -0.2) is 0 Å². The van der Waals surface area contributed by atoms with E-state index >= 15 is 0 Å². The number of carbonyl (C=O) groups is 1. The molecule has 1 aromatic heterocycles. The van der Waals surface area contributed by atoms with Gasteiger partial charge in [-0.15, -0.1) is 10.2 Å². The molecule has 0 radical (unpaired) electrons. The molecule has 4 nitrogen and oxygen atoms in total. The van der Waals surface area contributed by atoms with E-state index in [1.807, 2.05) is 32.9 Å². The summed E-state index contributed by atoms with van der Waals surface area (Å²) in [6.45, 7) is 8.01. The smallest absolute Gasteiger partial charge is 0.237 e. The van der Waals surface area contributed by atoms with Crippen LogP contribution in [-0.4, -0.2) is 27.1 Å². The van der Waals surface area contributed by atoms with Crippen molar-refractivity contribution < 1.29 is 4.79 Å². The average Bonchev–Trinajstić information content (AvgIpc) is 2.89. The molecule has 2 rings (SSSR count). The molecule has 1 heterocycles. The van der Waals surface area contributed by atoms with Gasteiger partial charge in [0.25, 0.3) is 0 Å². The van der Waals surface area contributed by atoms with Crippen LogP contribution in [0.3, 0.4) is 0 Å². The molecule has 22 heavy (non-hydrogen) atoms. The van der Waals surface area contributed by atoms with Gasteiger partial charge in [0.1, 0.15) is 0 Å². The third kappa shape index (κ3) is 4.72. The van der Waals surface area contributed by atoms with Gasteiger partial charge in [0.15, 0.2) is 8.68 Å². The summed E-state index contributed by atoms with van der Waals surface area (Å²) in [4.78, 5) is 12.3. The summed E-state index contributed by atoms with van der Waals surface area (Å²) < 4.78 is 1.78. The van der Waals surface area contributed by atoms with Crippen molar-refractivity contribution >= 4 is 46.5 Å². The highest BCUT2D eigenvalue weighted by Gasteiger charge is 2.18. The standard InChI is InChI=1S/C15H19N3OS3/c1-5-20-14-17-18-15(22-14)21-11(4)13(19)16-12-7-6-9(2)8-10(12)3/h6-8,11H,5H2,1-4H3,(H,16,19)/t11-/m1/s1. The summed E-state index contributed by atoms with van der Waals surface area (Å²) in [5, 5.41) is 11.0. The second-order valence-corrected chi connectivity index (χ2v) is 8.91. The molecule has 2 aromatic rings. The molecule has 0 saturated carbocycles. The summed E-state index contributed by atoms with van der Waals surface area (Å²) in [6.07, 6.45) is 0. The number of rotatable bonds is 6. The summed E-state index contributed by atoms with van der Waals surface area (Å²) in [6, 6.07) is 6.01. The second-order valence-electron chi connectivity index (χ2n) is 4.83. The topological polar surface area (TPSA) is 54.9 Å². The Morgan fingerprint density at radius 1 is 1.32 bits per heavy atom. The maximum Gasteiger partial charge on any atom is 0.237 e. The maximum absolute atomic E-state index is 12.3. The summed E-state index contributed by atoms with van der Waals surface area (Å²) >= 11 is 4.65. The van der Waals surface area contributed by atoms with E-state index in [4.69, 9.17) is 0 Å². The first kappa shape index (κ1) is 17.3. The number of carbonyl (C=O) groups excluding carboxylic acids is 1. The summed E-state index contributed by atoms with van der Waals surface area (Å²) in [5.41, 5.74) is 3.12. The van der Waals surface area contributed by atoms with Crippen molar-refractivity contribution in [2.75, 3.05) is 11.1 Å². The van der Waals surface area contributed by atoms with Crippen molar-refractivity contribution in [3.8, 4) is 0 Å². The fraction of sp³-hybridized carbons (Fsp3) is 0.400. The maximum atomic E-state index is 12.3. The summed E-state index contributed by atoms with van der Waals surface area (Å²) in [5.74, 6) is 0.957. The van der Waals surface area contributed by atoms with E-state index in [1.165, 1.54) is 28.7 Å². The molecule has 0 spiro atoms.